The van der Waals surface area contributed by atoms with E-state index in [9.17, 15) is 4.79 Å². The standard InChI is InChI=1S/C6H7N5O2S/c1-13-6(12)9-3-2-11-5(8-3)14-4(7)10-11/h2H,1H3,(H2,7,10)(H,9,12). The fraction of sp³-hybridized carbons (Fsp3) is 0.167. The van der Waals surface area contributed by atoms with Crippen LogP contribution in [0.4, 0.5) is 15.7 Å². The lowest BCUT2D eigenvalue weighted by molar-refractivity contribution is 0.187. The lowest BCUT2D eigenvalue weighted by Gasteiger charge is -1.96. The Bertz CT molecular complexity index is 444. The minimum absolute atomic E-state index is 0.385. The third-order valence-electron chi connectivity index (χ3n) is 1.47. The molecule has 2 aromatic rings. The van der Waals surface area contributed by atoms with Crippen LogP contribution in [0.2, 0.25) is 0 Å². The molecule has 0 atom stereocenters. The fourth-order valence-electron chi connectivity index (χ4n) is 0.931. The van der Waals surface area contributed by atoms with Crippen LogP contribution in [-0.2, 0) is 4.74 Å². The van der Waals surface area contributed by atoms with Gasteiger partial charge in [-0.05, 0) is 0 Å². The van der Waals surface area contributed by atoms with Crippen LogP contribution < -0.4 is 11.1 Å². The Morgan fingerprint density at radius 2 is 2.57 bits per heavy atom. The number of imidazole rings is 1. The number of amides is 1. The Hall–Kier alpha value is -1.83. The molecule has 0 bridgehead atoms. The summed E-state index contributed by atoms with van der Waals surface area (Å²) in [5, 5.41) is 6.77. The quantitative estimate of drug-likeness (QED) is 0.721. The van der Waals surface area contributed by atoms with Crippen molar-refractivity contribution in [1.29, 1.82) is 0 Å². The SMILES string of the molecule is COC(=O)Nc1cn2nc(N)sc2n1. The first-order valence-corrected chi connectivity index (χ1v) is 4.47. The van der Waals surface area contributed by atoms with Crippen molar-refractivity contribution in [1.82, 2.24) is 14.6 Å². The number of hydrogen-bond donors (Lipinski definition) is 2. The van der Waals surface area contributed by atoms with E-state index in [1.807, 2.05) is 0 Å². The van der Waals surface area contributed by atoms with Crippen molar-refractivity contribution in [2.45, 2.75) is 0 Å². The van der Waals surface area contributed by atoms with Gasteiger partial charge in [-0.1, -0.05) is 11.3 Å². The van der Waals surface area contributed by atoms with Crippen LogP contribution in [0.1, 0.15) is 0 Å². The van der Waals surface area contributed by atoms with E-state index in [1.165, 1.54) is 23.0 Å². The van der Waals surface area contributed by atoms with E-state index >= 15 is 0 Å². The van der Waals surface area contributed by atoms with Crippen molar-refractivity contribution in [3.05, 3.63) is 6.20 Å². The number of carbonyl (C=O) groups excluding carboxylic acids is 1. The number of aromatic nitrogens is 3. The number of hydrogen-bond acceptors (Lipinski definition) is 6. The van der Waals surface area contributed by atoms with Crippen LogP contribution in [0.5, 0.6) is 0 Å². The van der Waals surface area contributed by atoms with Crippen molar-refractivity contribution in [3.63, 3.8) is 0 Å². The molecule has 0 saturated heterocycles. The van der Waals surface area contributed by atoms with E-state index in [-0.39, 0.29) is 0 Å². The summed E-state index contributed by atoms with van der Waals surface area (Å²) < 4.78 is 5.90. The predicted molar refractivity (Wildman–Crippen MR) is 51.3 cm³/mol. The van der Waals surface area contributed by atoms with Gasteiger partial charge in [0.1, 0.15) is 0 Å². The number of nitrogens with one attached hydrogen (secondary N) is 1. The molecule has 2 rings (SSSR count). The summed E-state index contributed by atoms with van der Waals surface area (Å²) in [4.78, 5) is 15.5. The number of ether oxygens (including phenoxy) is 1. The monoisotopic (exact) mass is 213 g/mol. The van der Waals surface area contributed by atoms with Crippen molar-refractivity contribution in [2.24, 2.45) is 0 Å². The van der Waals surface area contributed by atoms with Gasteiger partial charge >= 0.3 is 6.09 Å². The highest BCUT2D eigenvalue weighted by Gasteiger charge is 2.08. The average Bonchev–Trinajstić information content (AvgIpc) is 2.60. The number of carbonyl (C=O) groups is 1. The molecule has 8 heteroatoms. The molecule has 0 aliphatic rings. The lowest BCUT2D eigenvalue weighted by Crippen LogP contribution is -2.10. The van der Waals surface area contributed by atoms with Gasteiger partial charge in [0, 0.05) is 0 Å². The first-order chi connectivity index (χ1) is 6.69. The second kappa shape index (κ2) is 3.14. The number of rotatable bonds is 1. The molecule has 74 valence electrons. The van der Waals surface area contributed by atoms with E-state index in [2.05, 4.69) is 20.1 Å². The Morgan fingerprint density at radius 1 is 1.79 bits per heavy atom. The highest BCUT2D eigenvalue weighted by molar-refractivity contribution is 7.20. The number of nitrogens with two attached hydrogens (primary N) is 1. The summed E-state index contributed by atoms with van der Waals surface area (Å²) in [5.74, 6) is 0.385. The molecule has 7 nitrogen and oxygen atoms in total. The fourth-order valence-corrected chi connectivity index (χ4v) is 1.58. The highest BCUT2D eigenvalue weighted by Crippen LogP contribution is 2.17. The van der Waals surface area contributed by atoms with E-state index < -0.39 is 6.09 Å². The van der Waals surface area contributed by atoms with Crippen LogP contribution in [-0.4, -0.2) is 27.8 Å². The smallest absolute Gasteiger partial charge is 0.412 e. The molecule has 1 amide bonds. The highest BCUT2D eigenvalue weighted by atomic mass is 32.1. The molecule has 0 unspecified atom stereocenters. The third kappa shape index (κ3) is 1.46. The first-order valence-electron chi connectivity index (χ1n) is 3.65. The van der Waals surface area contributed by atoms with Crippen molar-refractivity contribution >= 4 is 33.3 Å². The number of nitrogen functional groups attached to an aromatic ring is 1. The van der Waals surface area contributed by atoms with Crippen molar-refractivity contribution in [2.75, 3.05) is 18.2 Å². The number of methoxy groups -OCH3 is 1. The van der Waals surface area contributed by atoms with Crippen LogP contribution >= 0.6 is 11.3 Å². The van der Waals surface area contributed by atoms with E-state index in [1.54, 1.807) is 6.20 Å². The molecular weight excluding hydrogens is 206 g/mol. The largest absolute Gasteiger partial charge is 0.453 e. The van der Waals surface area contributed by atoms with Crippen LogP contribution in [0.25, 0.3) is 4.96 Å². The van der Waals surface area contributed by atoms with Gasteiger partial charge in [-0.15, -0.1) is 5.10 Å². The molecule has 0 aliphatic carbocycles. The maximum Gasteiger partial charge on any atom is 0.412 e. The summed E-state index contributed by atoms with van der Waals surface area (Å²) in [6.07, 6.45) is 0.989. The summed E-state index contributed by atoms with van der Waals surface area (Å²) in [5.41, 5.74) is 5.45. The molecular formula is C6H7N5O2S. The maximum atomic E-state index is 10.8. The van der Waals surface area contributed by atoms with Crippen LogP contribution in [0.15, 0.2) is 6.20 Å². The van der Waals surface area contributed by atoms with Gasteiger partial charge in [-0.2, -0.15) is 4.98 Å². The molecule has 2 aromatic heterocycles. The van der Waals surface area contributed by atoms with Crippen molar-refractivity contribution < 1.29 is 9.53 Å². The van der Waals surface area contributed by atoms with Gasteiger partial charge in [0.25, 0.3) is 0 Å². The summed E-state index contributed by atoms with van der Waals surface area (Å²) in [7, 11) is 1.28. The van der Waals surface area contributed by atoms with Gasteiger partial charge in [-0.25, -0.2) is 9.31 Å². The second-order valence-electron chi connectivity index (χ2n) is 2.41. The normalized spacial score (nSPS) is 10.4. The number of fused-ring (bicyclic) bond motifs is 1. The van der Waals surface area contributed by atoms with Gasteiger partial charge in [0.05, 0.1) is 13.3 Å². The van der Waals surface area contributed by atoms with E-state index in [0.29, 0.717) is 15.9 Å². The molecule has 3 N–H and O–H groups in total. The Kier molecular flexibility index (Phi) is 1.97. The Morgan fingerprint density at radius 3 is 3.21 bits per heavy atom. The van der Waals surface area contributed by atoms with Gasteiger partial charge in [0.15, 0.2) is 5.82 Å². The molecule has 2 heterocycles. The first kappa shape index (κ1) is 8.75. The average molecular weight is 213 g/mol. The number of anilines is 2. The molecule has 0 aromatic carbocycles. The lowest BCUT2D eigenvalue weighted by atomic mass is 10.7. The minimum atomic E-state index is -0.566. The second-order valence-corrected chi connectivity index (χ2v) is 3.40. The summed E-state index contributed by atoms with van der Waals surface area (Å²) >= 11 is 1.23. The molecule has 0 spiro atoms. The zero-order valence-electron chi connectivity index (χ0n) is 7.22. The maximum absolute atomic E-state index is 10.8. The molecule has 0 aliphatic heterocycles. The number of nitrogens with zero attached hydrogens (tertiary/aromatic N) is 3. The Labute approximate surface area is 82.5 Å². The van der Waals surface area contributed by atoms with Crippen LogP contribution in [0, 0.1) is 0 Å². The molecule has 0 fully saturated rings. The van der Waals surface area contributed by atoms with Gasteiger partial charge in [-0.3, -0.25) is 5.32 Å². The Balaban J connectivity index is 2.27. The van der Waals surface area contributed by atoms with Gasteiger partial charge < -0.3 is 10.5 Å². The van der Waals surface area contributed by atoms with Crippen molar-refractivity contribution in [3.8, 4) is 0 Å². The zero-order chi connectivity index (χ0) is 10.1. The molecule has 0 radical (unpaired) electrons. The summed E-state index contributed by atoms with van der Waals surface area (Å²) in [6.45, 7) is 0. The minimum Gasteiger partial charge on any atom is -0.453 e. The molecule has 0 saturated carbocycles. The third-order valence-corrected chi connectivity index (χ3v) is 2.23. The summed E-state index contributed by atoms with van der Waals surface area (Å²) in [6, 6.07) is 0. The zero-order valence-corrected chi connectivity index (χ0v) is 8.04. The van der Waals surface area contributed by atoms with E-state index in [4.69, 9.17) is 5.73 Å². The topological polar surface area (TPSA) is 94.5 Å². The van der Waals surface area contributed by atoms with E-state index in [0.717, 1.165) is 0 Å². The predicted octanol–water partition coefficient (Wildman–Crippen LogP) is 0.551. The molecule has 14 heavy (non-hydrogen) atoms. The van der Waals surface area contributed by atoms with Crippen LogP contribution in [0.3, 0.4) is 0 Å². The van der Waals surface area contributed by atoms with Gasteiger partial charge in [0.2, 0.25) is 10.1 Å².